The molecule has 0 bridgehead atoms. The van der Waals surface area contributed by atoms with Crippen LogP contribution in [0.25, 0.3) is 0 Å². The molecule has 0 aliphatic heterocycles. The first kappa shape index (κ1) is 13.5. The molecule has 0 atom stereocenters. The summed E-state index contributed by atoms with van der Waals surface area (Å²) in [5.41, 5.74) is 5.62. The van der Waals surface area contributed by atoms with Crippen molar-refractivity contribution in [3.63, 3.8) is 0 Å². The third kappa shape index (κ3) is 3.21. The number of hydrogen-bond acceptors (Lipinski definition) is 2. The van der Waals surface area contributed by atoms with Crippen LogP contribution in [-0.4, -0.2) is 29.9 Å². The van der Waals surface area contributed by atoms with Crippen LogP contribution in [0.5, 0.6) is 0 Å². The Morgan fingerprint density at radius 3 is 2.31 bits per heavy atom. The standard InChI is InChI=1S/C13H26N2O/c1-3-11(4-2)13(16)15(10-9-14)12-7-5-6-8-12/h11-12H,3-10,14H2,1-2H3. The highest BCUT2D eigenvalue weighted by Crippen LogP contribution is 2.25. The second-order valence-electron chi connectivity index (χ2n) is 4.77. The summed E-state index contributed by atoms with van der Waals surface area (Å²) in [6, 6.07) is 0.469. The number of nitrogens with two attached hydrogens (primary N) is 1. The SMILES string of the molecule is CCC(CC)C(=O)N(CCN)C1CCCC1. The van der Waals surface area contributed by atoms with Gasteiger partial charge in [-0.3, -0.25) is 4.79 Å². The molecule has 0 spiro atoms. The van der Waals surface area contributed by atoms with Crippen LogP contribution in [0.4, 0.5) is 0 Å². The van der Waals surface area contributed by atoms with Crippen molar-refractivity contribution in [3.05, 3.63) is 0 Å². The van der Waals surface area contributed by atoms with Crippen molar-refractivity contribution in [3.8, 4) is 0 Å². The van der Waals surface area contributed by atoms with Gasteiger partial charge in [0.1, 0.15) is 0 Å². The Balaban J connectivity index is 2.63. The molecular weight excluding hydrogens is 200 g/mol. The zero-order valence-corrected chi connectivity index (χ0v) is 10.7. The molecule has 1 aliphatic carbocycles. The summed E-state index contributed by atoms with van der Waals surface area (Å²) in [6.45, 7) is 5.52. The molecule has 0 unspecified atom stereocenters. The summed E-state index contributed by atoms with van der Waals surface area (Å²) in [5.74, 6) is 0.537. The van der Waals surface area contributed by atoms with Crippen LogP contribution < -0.4 is 5.73 Å². The van der Waals surface area contributed by atoms with E-state index in [9.17, 15) is 4.79 Å². The molecule has 3 nitrogen and oxygen atoms in total. The molecule has 0 aromatic carbocycles. The van der Waals surface area contributed by atoms with Crippen molar-refractivity contribution in [2.24, 2.45) is 11.7 Å². The molecule has 1 aliphatic rings. The maximum atomic E-state index is 12.4. The normalized spacial score (nSPS) is 17.0. The molecule has 3 heteroatoms. The summed E-state index contributed by atoms with van der Waals surface area (Å²) in [4.78, 5) is 14.4. The lowest BCUT2D eigenvalue weighted by atomic mass is 10.0. The minimum Gasteiger partial charge on any atom is -0.338 e. The fourth-order valence-electron chi connectivity index (χ4n) is 2.70. The van der Waals surface area contributed by atoms with E-state index >= 15 is 0 Å². The number of hydrogen-bond donors (Lipinski definition) is 1. The highest BCUT2D eigenvalue weighted by Gasteiger charge is 2.29. The van der Waals surface area contributed by atoms with Crippen molar-refractivity contribution in [1.82, 2.24) is 4.90 Å². The number of carbonyl (C=O) groups excluding carboxylic acids is 1. The van der Waals surface area contributed by atoms with Gasteiger partial charge in [-0.15, -0.1) is 0 Å². The Morgan fingerprint density at radius 1 is 1.31 bits per heavy atom. The number of nitrogens with zero attached hydrogens (tertiary/aromatic N) is 1. The van der Waals surface area contributed by atoms with E-state index in [2.05, 4.69) is 18.7 Å². The molecule has 1 fully saturated rings. The van der Waals surface area contributed by atoms with Crippen LogP contribution in [-0.2, 0) is 4.79 Å². The van der Waals surface area contributed by atoms with Crippen LogP contribution in [0.1, 0.15) is 52.4 Å². The zero-order chi connectivity index (χ0) is 12.0. The minimum atomic E-state index is 0.201. The first-order chi connectivity index (χ1) is 7.74. The second-order valence-corrected chi connectivity index (χ2v) is 4.77. The predicted octanol–water partition coefficient (Wildman–Crippen LogP) is 2.15. The van der Waals surface area contributed by atoms with Crippen molar-refractivity contribution in [2.45, 2.75) is 58.4 Å². The lowest BCUT2D eigenvalue weighted by Crippen LogP contribution is -2.44. The Morgan fingerprint density at radius 2 is 1.88 bits per heavy atom. The van der Waals surface area contributed by atoms with Gasteiger partial charge in [-0.25, -0.2) is 0 Å². The quantitative estimate of drug-likeness (QED) is 0.754. The third-order valence-electron chi connectivity index (χ3n) is 3.75. The number of carbonyl (C=O) groups is 1. The van der Waals surface area contributed by atoms with Gasteiger partial charge in [0.05, 0.1) is 0 Å². The summed E-state index contributed by atoms with van der Waals surface area (Å²) in [7, 11) is 0. The lowest BCUT2D eigenvalue weighted by Gasteiger charge is -2.31. The summed E-state index contributed by atoms with van der Waals surface area (Å²) < 4.78 is 0. The average Bonchev–Trinajstić information content (AvgIpc) is 2.80. The van der Waals surface area contributed by atoms with Crippen molar-refractivity contribution < 1.29 is 4.79 Å². The van der Waals surface area contributed by atoms with Gasteiger partial charge in [-0.05, 0) is 25.7 Å². The Kier molecular flexibility index (Phi) is 5.81. The van der Waals surface area contributed by atoms with E-state index in [4.69, 9.17) is 5.73 Å². The summed E-state index contributed by atoms with van der Waals surface area (Å²) in [6.07, 6.45) is 6.77. The van der Waals surface area contributed by atoms with Gasteiger partial charge in [-0.1, -0.05) is 26.7 Å². The maximum Gasteiger partial charge on any atom is 0.225 e. The number of amides is 1. The van der Waals surface area contributed by atoms with E-state index in [1.165, 1.54) is 25.7 Å². The minimum absolute atomic E-state index is 0.201. The van der Waals surface area contributed by atoms with Crippen LogP contribution in [0, 0.1) is 5.92 Å². The Labute approximate surface area is 99.4 Å². The first-order valence-electron chi connectivity index (χ1n) is 6.75. The van der Waals surface area contributed by atoms with Gasteiger partial charge >= 0.3 is 0 Å². The molecular formula is C13H26N2O. The molecule has 0 heterocycles. The van der Waals surface area contributed by atoms with Crippen molar-refractivity contribution in [1.29, 1.82) is 0 Å². The lowest BCUT2D eigenvalue weighted by molar-refractivity contribution is -0.138. The number of rotatable bonds is 6. The van der Waals surface area contributed by atoms with E-state index in [1.54, 1.807) is 0 Å². The highest BCUT2D eigenvalue weighted by atomic mass is 16.2. The van der Waals surface area contributed by atoms with Gasteiger partial charge in [0, 0.05) is 25.0 Å². The Bertz CT molecular complexity index is 208. The molecule has 0 radical (unpaired) electrons. The second kappa shape index (κ2) is 6.89. The fraction of sp³-hybridized carbons (Fsp3) is 0.923. The van der Waals surface area contributed by atoms with Crippen LogP contribution in [0.3, 0.4) is 0 Å². The topological polar surface area (TPSA) is 46.3 Å². The molecule has 2 N–H and O–H groups in total. The average molecular weight is 226 g/mol. The van der Waals surface area contributed by atoms with Crippen molar-refractivity contribution in [2.75, 3.05) is 13.1 Å². The molecule has 94 valence electrons. The van der Waals surface area contributed by atoms with Gasteiger partial charge < -0.3 is 10.6 Å². The Hall–Kier alpha value is -0.570. The highest BCUT2D eigenvalue weighted by molar-refractivity contribution is 5.79. The molecule has 1 saturated carbocycles. The molecule has 0 aromatic rings. The van der Waals surface area contributed by atoms with Crippen molar-refractivity contribution >= 4 is 5.91 Å². The fourth-order valence-corrected chi connectivity index (χ4v) is 2.70. The maximum absolute atomic E-state index is 12.4. The molecule has 16 heavy (non-hydrogen) atoms. The smallest absolute Gasteiger partial charge is 0.225 e. The van der Waals surface area contributed by atoms with E-state index in [0.29, 0.717) is 18.5 Å². The predicted molar refractivity (Wildman–Crippen MR) is 67.1 cm³/mol. The molecule has 0 aromatic heterocycles. The molecule has 0 saturated heterocycles. The third-order valence-corrected chi connectivity index (χ3v) is 3.75. The van der Waals surface area contributed by atoms with Gasteiger partial charge in [-0.2, -0.15) is 0 Å². The zero-order valence-electron chi connectivity index (χ0n) is 10.7. The summed E-state index contributed by atoms with van der Waals surface area (Å²) in [5, 5.41) is 0. The molecule has 1 rings (SSSR count). The first-order valence-corrected chi connectivity index (χ1v) is 6.75. The largest absolute Gasteiger partial charge is 0.338 e. The van der Waals surface area contributed by atoms with Crippen LogP contribution >= 0.6 is 0 Å². The van der Waals surface area contributed by atoms with Crippen LogP contribution in [0.15, 0.2) is 0 Å². The van der Waals surface area contributed by atoms with E-state index < -0.39 is 0 Å². The van der Waals surface area contributed by atoms with E-state index in [1.807, 2.05) is 0 Å². The van der Waals surface area contributed by atoms with Crippen LogP contribution in [0.2, 0.25) is 0 Å². The van der Waals surface area contributed by atoms with Gasteiger partial charge in [0.25, 0.3) is 0 Å². The van der Waals surface area contributed by atoms with E-state index in [0.717, 1.165) is 19.4 Å². The summed E-state index contributed by atoms with van der Waals surface area (Å²) >= 11 is 0. The monoisotopic (exact) mass is 226 g/mol. The van der Waals surface area contributed by atoms with Gasteiger partial charge in [0.2, 0.25) is 5.91 Å². The van der Waals surface area contributed by atoms with Gasteiger partial charge in [0.15, 0.2) is 0 Å². The molecule has 1 amide bonds. The van der Waals surface area contributed by atoms with E-state index in [-0.39, 0.29) is 5.92 Å².